The predicted octanol–water partition coefficient (Wildman–Crippen LogP) is 6.50. The monoisotopic (exact) mass is 458 g/mol. The van der Waals surface area contributed by atoms with Gasteiger partial charge in [-0.3, -0.25) is 5.01 Å². The molecule has 168 valence electrons. The summed E-state index contributed by atoms with van der Waals surface area (Å²) in [6.45, 7) is 5.44. The Morgan fingerprint density at radius 2 is 1.62 bits per heavy atom. The minimum Gasteiger partial charge on any atom is -0.386 e. The van der Waals surface area contributed by atoms with Crippen molar-refractivity contribution in [3.63, 3.8) is 0 Å². The SMILES string of the molecule is CCc1ccccc1N1NC(C(F)(F)F)C=C1c1ccc(-c2ccc(C(C)(C)O)cc2)s1. The molecule has 1 unspecified atom stereocenters. The van der Waals surface area contributed by atoms with E-state index in [0.717, 1.165) is 32.1 Å². The third kappa shape index (κ3) is 4.46. The number of anilines is 1. The molecule has 0 radical (unpaired) electrons. The second-order valence-corrected chi connectivity index (χ2v) is 9.40. The minimum atomic E-state index is -4.39. The number of aryl methyl sites for hydroxylation is 1. The van der Waals surface area contributed by atoms with E-state index < -0.39 is 17.8 Å². The molecule has 2 heterocycles. The van der Waals surface area contributed by atoms with Gasteiger partial charge in [-0.2, -0.15) is 13.2 Å². The van der Waals surface area contributed by atoms with Gasteiger partial charge in [0, 0.05) is 4.88 Å². The Kier molecular flexibility index (Phi) is 5.92. The van der Waals surface area contributed by atoms with Crippen molar-refractivity contribution in [3.8, 4) is 10.4 Å². The first-order valence-electron chi connectivity index (χ1n) is 10.4. The molecule has 1 aliphatic heterocycles. The smallest absolute Gasteiger partial charge is 0.386 e. The van der Waals surface area contributed by atoms with Gasteiger partial charge in [0.2, 0.25) is 0 Å². The van der Waals surface area contributed by atoms with Gasteiger partial charge >= 0.3 is 6.18 Å². The van der Waals surface area contributed by atoms with E-state index in [1.165, 1.54) is 17.4 Å². The summed E-state index contributed by atoms with van der Waals surface area (Å²) in [5.41, 5.74) is 5.64. The highest BCUT2D eigenvalue weighted by Gasteiger charge is 2.44. The Bertz CT molecular complexity index is 1130. The number of hydrogen-bond acceptors (Lipinski definition) is 4. The number of nitrogens with zero attached hydrogens (tertiary/aromatic N) is 1. The highest BCUT2D eigenvalue weighted by molar-refractivity contribution is 7.16. The number of rotatable bonds is 5. The normalized spacial score (nSPS) is 17.0. The van der Waals surface area contributed by atoms with Crippen LogP contribution in [0.5, 0.6) is 0 Å². The summed E-state index contributed by atoms with van der Waals surface area (Å²) in [5.74, 6) is 0. The molecule has 0 fully saturated rings. The lowest BCUT2D eigenvalue weighted by atomic mass is 9.97. The number of halogens is 3. The molecule has 3 aromatic rings. The third-order valence-electron chi connectivity index (χ3n) is 5.53. The van der Waals surface area contributed by atoms with Crippen LogP contribution in [0.1, 0.15) is 36.8 Å². The first kappa shape index (κ1) is 22.6. The number of para-hydroxylation sites is 1. The average Bonchev–Trinajstić information content (AvgIpc) is 3.40. The molecule has 0 aliphatic carbocycles. The van der Waals surface area contributed by atoms with Gasteiger partial charge in [-0.1, -0.05) is 49.4 Å². The molecule has 2 aromatic carbocycles. The van der Waals surface area contributed by atoms with E-state index in [9.17, 15) is 18.3 Å². The summed E-state index contributed by atoms with van der Waals surface area (Å²) in [7, 11) is 0. The Hall–Kier alpha value is -2.61. The largest absolute Gasteiger partial charge is 0.409 e. The van der Waals surface area contributed by atoms with E-state index >= 15 is 0 Å². The van der Waals surface area contributed by atoms with Crippen LogP contribution in [0, 0.1) is 0 Å². The quantitative estimate of drug-likeness (QED) is 0.458. The molecule has 3 nitrogen and oxygen atoms in total. The molecule has 1 aliphatic rings. The van der Waals surface area contributed by atoms with Gasteiger partial charge < -0.3 is 5.11 Å². The van der Waals surface area contributed by atoms with Gasteiger partial charge in [-0.15, -0.1) is 11.3 Å². The molecule has 1 atom stereocenters. The van der Waals surface area contributed by atoms with E-state index in [0.29, 0.717) is 12.1 Å². The van der Waals surface area contributed by atoms with Gasteiger partial charge in [-0.25, -0.2) is 5.43 Å². The van der Waals surface area contributed by atoms with Gasteiger partial charge in [-0.05, 0) is 61.2 Å². The molecule has 2 N–H and O–H groups in total. The number of hydrogen-bond donors (Lipinski definition) is 2. The fourth-order valence-electron chi connectivity index (χ4n) is 3.74. The number of thiophene rings is 1. The second kappa shape index (κ2) is 8.39. The summed E-state index contributed by atoms with van der Waals surface area (Å²) < 4.78 is 40.7. The zero-order chi connectivity index (χ0) is 23.1. The average molecular weight is 459 g/mol. The van der Waals surface area contributed by atoms with Crippen molar-refractivity contribution >= 4 is 22.7 Å². The topological polar surface area (TPSA) is 35.5 Å². The molecule has 7 heteroatoms. The van der Waals surface area contributed by atoms with Crippen LogP contribution in [0.15, 0.2) is 66.7 Å². The molecule has 0 amide bonds. The van der Waals surface area contributed by atoms with Gasteiger partial charge in [0.25, 0.3) is 0 Å². The van der Waals surface area contributed by atoms with Gasteiger partial charge in [0.05, 0.1) is 21.9 Å². The van der Waals surface area contributed by atoms with Crippen LogP contribution in [-0.2, 0) is 12.0 Å². The Morgan fingerprint density at radius 3 is 2.25 bits per heavy atom. The number of aliphatic hydroxyl groups is 1. The van der Waals surface area contributed by atoms with Crippen LogP contribution in [0.2, 0.25) is 0 Å². The molecule has 0 saturated heterocycles. The Morgan fingerprint density at radius 1 is 0.969 bits per heavy atom. The van der Waals surface area contributed by atoms with Crippen molar-refractivity contribution < 1.29 is 18.3 Å². The lowest BCUT2D eigenvalue weighted by Crippen LogP contribution is -2.44. The number of nitrogens with one attached hydrogen (secondary N) is 1. The maximum absolute atomic E-state index is 13.6. The zero-order valence-electron chi connectivity index (χ0n) is 18.1. The predicted molar refractivity (Wildman–Crippen MR) is 124 cm³/mol. The maximum Gasteiger partial charge on any atom is 0.409 e. The summed E-state index contributed by atoms with van der Waals surface area (Å²) in [5, 5.41) is 11.7. The van der Waals surface area contributed by atoms with E-state index in [-0.39, 0.29) is 0 Å². The fourth-order valence-corrected chi connectivity index (χ4v) is 4.77. The summed E-state index contributed by atoms with van der Waals surface area (Å²) in [6, 6.07) is 17.1. The van der Waals surface area contributed by atoms with E-state index in [1.54, 1.807) is 18.9 Å². The molecule has 0 spiro atoms. The Balaban J connectivity index is 1.71. The Labute approximate surface area is 189 Å². The van der Waals surface area contributed by atoms with E-state index in [1.807, 2.05) is 67.6 Å². The summed E-state index contributed by atoms with van der Waals surface area (Å²) in [6.07, 6.45) is -2.44. The summed E-state index contributed by atoms with van der Waals surface area (Å²) in [4.78, 5) is 1.69. The highest BCUT2D eigenvalue weighted by Crippen LogP contribution is 2.40. The van der Waals surface area contributed by atoms with Crippen molar-refractivity contribution in [2.45, 2.75) is 45.0 Å². The molecule has 0 saturated carbocycles. The second-order valence-electron chi connectivity index (χ2n) is 8.32. The van der Waals surface area contributed by atoms with Crippen LogP contribution in [0.4, 0.5) is 18.9 Å². The third-order valence-corrected chi connectivity index (χ3v) is 6.69. The van der Waals surface area contributed by atoms with Crippen LogP contribution in [0.3, 0.4) is 0 Å². The van der Waals surface area contributed by atoms with Crippen LogP contribution in [0.25, 0.3) is 16.1 Å². The van der Waals surface area contributed by atoms with E-state index in [2.05, 4.69) is 5.43 Å². The van der Waals surface area contributed by atoms with Crippen molar-refractivity contribution in [2.75, 3.05) is 5.01 Å². The minimum absolute atomic E-state index is 0.498. The molecule has 0 bridgehead atoms. The number of alkyl halides is 3. The number of hydrazine groups is 1. The lowest BCUT2D eigenvalue weighted by Gasteiger charge is -2.26. The zero-order valence-corrected chi connectivity index (χ0v) is 18.9. The first-order valence-corrected chi connectivity index (χ1v) is 11.3. The van der Waals surface area contributed by atoms with Gasteiger partial charge in [0.15, 0.2) is 0 Å². The van der Waals surface area contributed by atoms with Crippen LogP contribution < -0.4 is 10.4 Å². The van der Waals surface area contributed by atoms with Crippen molar-refractivity contribution in [2.24, 2.45) is 0 Å². The highest BCUT2D eigenvalue weighted by atomic mass is 32.1. The molecular formula is C25H25F3N2OS. The van der Waals surface area contributed by atoms with Crippen LogP contribution >= 0.6 is 11.3 Å². The maximum atomic E-state index is 13.6. The molecule has 32 heavy (non-hydrogen) atoms. The van der Waals surface area contributed by atoms with Gasteiger partial charge in [0.1, 0.15) is 6.04 Å². The van der Waals surface area contributed by atoms with Crippen molar-refractivity contribution in [1.82, 2.24) is 5.43 Å². The van der Waals surface area contributed by atoms with Crippen molar-refractivity contribution in [1.29, 1.82) is 0 Å². The lowest BCUT2D eigenvalue weighted by molar-refractivity contribution is -0.142. The van der Waals surface area contributed by atoms with Crippen molar-refractivity contribution in [3.05, 3.63) is 82.7 Å². The molecule has 4 rings (SSSR count). The first-order chi connectivity index (χ1) is 15.1. The molecule has 1 aromatic heterocycles. The standard InChI is InChI=1S/C25H25F3N2OS/c1-4-16-7-5-6-8-19(16)30-20(15-23(29-30)25(26,27)28)22-14-13-21(32-22)17-9-11-18(12-10-17)24(2,3)31/h5-15,23,29,31H,4H2,1-3H3. The number of benzene rings is 2. The fraction of sp³-hybridized carbons (Fsp3) is 0.280. The van der Waals surface area contributed by atoms with E-state index in [4.69, 9.17) is 0 Å². The summed E-state index contributed by atoms with van der Waals surface area (Å²) >= 11 is 1.44. The molecular weight excluding hydrogens is 433 g/mol. The van der Waals surface area contributed by atoms with Crippen LogP contribution in [-0.4, -0.2) is 17.3 Å².